The lowest BCUT2D eigenvalue weighted by atomic mass is 10.4. The molecule has 9 nitrogen and oxygen atoms in total. The Hall–Kier alpha value is -2.33. The van der Waals surface area contributed by atoms with E-state index in [2.05, 4.69) is 25.7 Å². The zero-order valence-electron chi connectivity index (χ0n) is 13.6. The van der Waals surface area contributed by atoms with Crippen LogP contribution in [0.15, 0.2) is 32.5 Å². The smallest absolute Gasteiger partial charge is 0.321 e. The molecule has 0 saturated carbocycles. The van der Waals surface area contributed by atoms with Gasteiger partial charge in [-0.25, -0.2) is 4.79 Å². The van der Waals surface area contributed by atoms with Crippen molar-refractivity contribution < 1.29 is 18.4 Å². The van der Waals surface area contributed by atoms with Crippen LogP contribution in [0.4, 0.5) is 4.79 Å². The fourth-order valence-electron chi connectivity index (χ4n) is 2.41. The highest BCUT2D eigenvalue weighted by Gasteiger charge is 2.16. The van der Waals surface area contributed by atoms with E-state index in [0.29, 0.717) is 23.4 Å². The SMILES string of the molecule is O=C(CSc1nnc(CN2CCCC2)o1)NC(=O)NCc1ccco1. The predicted molar refractivity (Wildman–Crippen MR) is 88.6 cm³/mol. The van der Waals surface area contributed by atoms with Crippen LogP contribution in [0.25, 0.3) is 0 Å². The Balaban J connectivity index is 1.35. The highest BCUT2D eigenvalue weighted by atomic mass is 32.2. The van der Waals surface area contributed by atoms with E-state index in [4.69, 9.17) is 8.83 Å². The van der Waals surface area contributed by atoms with Crippen molar-refractivity contribution in [3.8, 4) is 0 Å². The van der Waals surface area contributed by atoms with Gasteiger partial charge in [0, 0.05) is 0 Å². The van der Waals surface area contributed by atoms with E-state index in [1.165, 1.54) is 19.1 Å². The van der Waals surface area contributed by atoms with Gasteiger partial charge in [0.1, 0.15) is 5.76 Å². The number of urea groups is 1. The van der Waals surface area contributed by atoms with Crippen LogP contribution in [0, 0.1) is 0 Å². The van der Waals surface area contributed by atoms with Crippen molar-refractivity contribution in [1.29, 1.82) is 0 Å². The summed E-state index contributed by atoms with van der Waals surface area (Å²) in [5.41, 5.74) is 0. The van der Waals surface area contributed by atoms with Gasteiger partial charge in [0.05, 0.1) is 25.1 Å². The molecule has 0 bridgehead atoms. The number of nitrogens with zero attached hydrogens (tertiary/aromatic N) is 3. The van der Waals surface area contributed by atoms with Crippen LogP contribution in [0.1, 0.15) is 24.5 Å². The second kappa shape index (κ2) is 8.67. The van der Waals surface area contributed by atoms with E-state index < -0.39 is 11.9 Å². The van der Waals surface area contributed by atoms with Crippen LogP contribution in [0.5, 0.6) is 0 Å². The number of carbonyl (C=O) groups is 2. The average Bonchev–Trinajstić information content (AvgIpc) is 3.35. The summed E-state index contributed by atoms with van der Waals surface area (Å²) in [5, 5.41) is 13.0. The van der Waals surface area contributed by atoms with Gasteiger partial charge in [-0.3, -0.25) is 15.0 Å². The Morgan fingerprint density at radius 2 is 2.12 bits per heavy atom. The molecule has 1 fully saturated rings. The maximum absolute atomic E-state index is 11.8. The molecule has 134 valence electrons. The monoisotopic (exact) mass is 365 g/mol. The molecule has 0 aromatic carbocycles. The summed E-state index contributed by atoms with van der Waals surface area (Å²) in [4.78, 5) is 25.6. The molecule has 0 aliphatic carbocycles. The van der Waals surface area contributed by atoms with Gasteiger partial charge in [0.15, 0.2) is 0 Å². The molecule has 3 heterocycles. The van der Waals surface area contributed by atoms with Crippen molar-refractivity contribution in [2.45, 2.75) is 31.2 Å². The molecule has 2 aromatic rings. The van der Waals surface area contributed by atoms with E-state index >= 15 is 0 Å². The molecule has 10 heteroatoms. The van der Waals surface area contributed by atoms with E-state index in [-0.39, 0.29) is 12.3 Å². The number of thioether (sulfide) groups is 1. The van der Waals surface area contributed by atoms with Crippen LogP contribution in [0.3, 0.4) is 0 Å². The lowest BCUT2D eigenvalue weighted by Crippen LogP contribution is -2.39. The second-order valence-corrected chi connectivity index (χ2v) is 6.47. The predicted octanol–water partition coefficient (Wildman–Crippen LogP) is 1.38. The number of nitrogens with one attached hydrogen (secondary N) is 2. The summed E-state index contributed by atoms with van der Waals surface area (Å²) in [6.45, 7) is 2.93. The van der Waals surface area contributed by atoms with E-state index in [0.717, 1.165) is 24.9 Å². The van der Waals surface area contributed by atoms with Crippen molar-refractivity contribution in [3.05, 3.63) is 30.0 Å². The number of likely N-dealkylation sites (tertiary alicyclic amines) is 1. The average molecular weight is 365 g/mol. The first-order valence-corrected chi connectivity index (χ1v) is 8.95. The largest absolute Gasteiger partial charge is 0.467 e. The number of amides is 3. The number of furan rings is 1. The summed E-state index contributed by atoms with van der Waals surface area (Å²) < 4.78 is 10.6. The third kappa shape index (κ3) is 5.61. The quantitative estimate of drug-likeness (QED) is 0.708. The van der Waals surface area contributed by atoms with Gasteiger partial charge in [-0.2, -0.15) is 0 Å². The molecule has 3 rings (SSSR count). The molecule has 25 heavy (non-hydrogen) atoms. The molecule has 0 atom stereocenters. The van der Waals surface area contributed by atoms with E-state index in [9.17, 15) is 9.59 Å². The lowest BCUT2D eigenvalue weighted by molar-refractivity contribution is -0.117. The number of imide groups is 1. The first-order valence-electron chi connectivity index (χ1n) is 7.96. The second-order valence-electron chi connectivity index (χ2n) is 5.54. The van der Waals surface area contributed by atoms with Crippen LogP contribution < -0.4 is 10.6 Å². The summed E-state index contributed by atoms with van der Waals surface area (Å²) in [5.74, 6) is 0.718. The van der Waals surface area contributed by atoms with Gasteiger partial charge >= 0.3 is 6.03 Å². The fraction of sp³-hybridized carbons (Fsp3) is 0.467. The van der Waals surface area contributed by atoms with Gasteiger partial charge in [-0.15, -0.1) is 10.2 Å². The number of hydrogen-bond acceptors (Lipinski definition) is 8. The van der Waals surface area contributed by atoms with E-state index in [1.807, 2.05) is 0 Å². The van der Waals surface area contributed by atoms with Crippen molar-refractivity contribution in [1.82, 2.24) is 25.7 Å². The fourth-order valence-corrected chi connectivity index (χ4v) is 2.99. The minimum absolute atomic E-state index is 0.0134. The molecule has 0 radical (unpaired) electrons. The molecule has 1 aliphatic rings. The van der Waals surface area contributed by atoms with Crippen molar-refractivity contribution in [2.24, 2.45) is 0 Å². The van der Waals surface area contributed by atoms with Crippen LogP contribution in [0.2, 0.25) is 0 Å². The minimum atomic E-state index is -0.581. The summed E-state index contributed by atoms with van der Waals surface area (Å²) in [6.07, 6.45) is 3.90. The standard InChI is InChI=1S/C15H19N5O4S/c21-12(17-14(22)16-8-11-4-3-7-23-11)10-25-15-19-18-13(24-15)9-20-5-1-2-6-20/h3-4,7H,1-2,5-6,8-10H2,(H2,16,17,21,22). The van der Waals surface area contributed by atoms with Gasteiger partial charge in [-0.1, -0.05) is 11.8 Å². The third-order valence-electron chi connectivity index (χ3n) is 3.59. The normalized spacial score (nSPS) is 14.6. The van der Waals surface area contributed by atoms with Crippen molar-refractivity contribution >= 4 is 23.7 Å². The number of aromatic nitrogens is 2. The Kier molecular flexibility index (Phi) is 6.07. The van der Waals surface area contributed by atoms with E-state index in [1.54, 1.807) is 12.1 Å². The highest BCUT2D eigenvalue weighted by molar-refractivity contribution is 7.99. The molecular formula is C15H19N5O4S. The topological polar surface area (TPSA) is 114 Å². The molecule has 3 amide bonds. The number of rotatable bonds is 7. The Bertz CT molecular complexity index is 697. The molecule has 0 spiro atoms. The number of carbonyl (C=O) groups excluding carboxylic acids is 2. The van der Waals surface area contributed by atoms with Crippen molar-refractivity contribution in [3.63, 3.8) is 0 Å². The van der Waals surface area contributed by atoms with Gasteiger partial charge in [0.25, 0.3) is 5.22 Å². The van der Waals surface area contributed by atoms with Crippen LogP contribution in [-0.2, 0) is 17.9 Å². The Labute approximate surface area is 148 Å². The van der Waals surface area contributed by atoms with Gasteiger partial charge in [0.2, 0.25) is 11.8 Å². The zero-order chi connectivity index (χ0) is 17.5. The molecule has 2 N–H and O–H groups in total. The van der Waals surface area contributed by atoms with Crippen LogP contribution in [-0.4, -0.2) is 45.9 Å². The zero-order valence-corrected chi connectivity index (χ0v) is 14.4. The van der Waals surface area contributed by atoms with Gasteiger partial charge in [-0.05, 0) is 38.1 Å². The Morgan fingerprint density at radius 1 is 1.28 bits per heavy atom. The molecule has 1 aliphatic heterocycles. The molecular weight excluding hydrogens is 346 g/mol. The van der Waals surface area contributed by atoms with Crippen LogP contribution >= 0.6 is 11.8 Å². The molecule has 2 aromatic heterocycles. The molecule has 0 unspecified atom stereocenters. The minimum Gasteiger partial charge on any atom is -0.467 e. The highest BCUT2D eigenvalue weighted by Crippen LogP contribution is 2.18. The maximum atomic E-state index is 11.8. The first-order chi connectivity index (χ1) is 12.2. The summed E-state index contributed by atoms with van der Waals surface area (Å²) in [6, 6.07) is 2.87. The summed E-state index contributed by atoms with van der Waals surface area (Å²) >= 11 is 1.10. The molecule has 1 saturated heterocycles. The number of hydrogen-bond donors (Lipinski definition) is 2. The van der Waals surface area contributed by atoms with Crippen molar-refractivity contribution in [2.75, 3.05) is 18.8 Å². The Morgan fingerprint density at radius 3 is 2.88 bits per heavy atom. The lowest BCUT2D eigenvalue weighted by Gasteiger charge is -2.10. The first kappa shape index (κ1) is 17.5. The summed E-state index contributed by atoms with van der Waals surface area (Å²) in [7, 11) is 0. The third-order valence-corrected chi connectivity index (χ3v) is 4.41. The van der Waals surface area contributed by atoms with Gasteiger partial charge < -0.3 is 14.2 Å². The maximum Gasteiger partial charge on any atom is 0.321 e.